The van der Waals surface area contributed by atoms with Crippen LogP contribution in [0, 0.1) is 0 Å². The van der Waals surface area contributed by atoms with E-state index in [-0.39, 0.29) is 12.4 Å². The van der Waals surface area contributed by atoms with Crippen molar-refractivity contribution in [1.82, 2.24) is 0 Å². The van der Waals surface area contributed by atoms with Crippen LogP contribution in [0.25, 0.3) is 0 Å². The predicted molar refractivity (Wildman–Crippen MR) is 74.7 cm³/mol. The standard InChI is InChI=1S/C16H20O6/c1-2-11-20-14-12(17)13-10(19-16(14)21-11)8-18-15(22-13)9-6-4-3-5-7-9/h3-7,10-17H,2,8H2,1H3/t10-,11-,12+,13+,14-,15+,16-/m1/s1. The molecular weight excluding hydrogens is 288 g/mol. The van der Waals surface area contributed by atoms with Crippen molar-refractivity contribution in [3.63, 3.8) is 0 Å². The third-order valence-electron chi connectivity index (χ3n) is 4.31. The zero-order valence-electron chi connectivity index (χ0n) is 12.3. The number of aliphatic hydroxyl groups is 1. The second-order valence-corrected chi connectivity index (χ2v) is 5.78. The summed E-state index contributed by atoms with van der Waals surface area (Å²) in [5.74, 6) is 0. The zero-order valence-corrected chi connectivity index (χ0v) is 12.3. The first-order valence-corrected chi connectivity index (χ1v) is 7.72. The van der Waals surface area contributed by atoms with Crippen molar-refractivity contribution >= 4 is 0 Å². The van der Waals surface area contributed by atoms with Gasteiger partial charge in [0.2, 0.25) is 0 Å². The molecule has 4 rings (SSSR count). The molecule has 0 amide bonds. The van der Waals surface area contributed by atoms with E-state index in [9.17, 15) is 5.11 Å². The first kappa shape index (κ1) is 14.6. The lowest BCUT2D eigenvalue weighted by molar-refractivity contribution is -0.338. The summed E-state index contributed by atoms with van der Waals surface area (Å²) in [6.07, 6.45) is -2.83. The van der Waals surface area contributed by atoms with E-state index in [0.29, 0.717) is 13.0 Å². The third-order valence-corrected chi connectivity index (χ3v) is 4.31. The lowest BCUT2D eigenvalue weighted by Gasteiger charge is -2.44. The average Bonchev–Trinajstić information content (AvgIpc) is 2.99. The molecule has 1 aromatic carbocycles. The molecule has 3 fully saturated rings. The van der Waals surface area contributed by atoms with Gasteiger partial charge in [0, 0.05) is 5.56 Å². The molecule has 0 spiro atoms. The molecule has 6 heteroatoms. The predicted octanol–water partition coefficient (Wildman–Crippen LogP) is 1.34. The minimum Gasteiger partial charge on any atom is -0.387 e. The molecule has 120 valence electrons. The zero-order chi connectivity index (χ0) is 15.1. The van der Waals surface area contributed by atoms with Gasteiger partial charge >= 0.3 is 0 Å². The topological polar surface area (TPSA) is 66.4 Å². The maximum atomic E-state index is 10.6. The lowest BCUT2D eigenvalue weighted by Crippen LogP contribution is -2.60. The summed E-state index contributed by atoms with van der Waals surface area (Å²) >= 11 is 0. The number of aliphatic hydroxyl groups excluding tert-OH is 1. The number of benzene rings is 1. The van der Waals surface area contributed by atoms with Gasteiger partial charge in [-0.25, -0.2) is 0 Å². The molecule has 3 heterocycles. The molecule has 22 heavy (non-hydrogen) atoms. The van der Waals surface area contributed by atoms with Crippen LogP contribution in [0.15, 0.2) is 30.3 Å². The highest BCUT2D eigenvalue weighted by atomic mass is 16.8. The molecule has 1 N–H and O–H groups in total. The van der Waals surface area contributed by atoms with Crippen molar-refractivity contribution in [2.75, 3.05) is 6.61 Å². The van der Waals surface area contributed by atoms with Crippen molar-refractivity contribution in [2.45, 2.75) is 56.6 Å². The molecule has 0 aromatic heterocycles. The van der Waals surface area contributed by atoms with Crippen molar-refractivity contribution in [3.05, 3.63) is 35.9 Å². The van der Waals surface area contributed by atoms with Gasteiger partial charge in [0.05, 0.1) is 6.61 Å². The van der Waals surface area contributed by atoms with Gasteiger partial charge in [-0.2, -0.15) is 0 Å². The Morgan fingerprint density at radius 3 is 2.64 bits per heavy atom. The van der Waals surface area contributed by atoms with E-state index in [1.807, 2.05) is 37.3 Å². The van der Waals surface area contributed by atoms with Gasteiger partial charge < -0.3 is 28.8 Å². The summed E-state index contributed by atoms with van der Waals surface area (Å²) in [6, 6.07) is 9.67. The summed E-state index contributed by atoms with van der Waals surface area (Å²) in [7, 11) is 0. The Morgan fingerprint density at radius 1 is 1.05 bits per heavy atom. The van der Waals surface area contributed by atoms with E-state index in [4.69, 9.17) is 23.7 Å². The highest BCUT2D eigenvalue weighted by Crippen LogP contribution is 2.38. The molecule has 0 radical (unpaired) electrons. The van der Waals surface area contributed by atoms with Crippen molar-refractivity contribution in [1.29, 1.82) is 0 Å². The van der Waals surface area contributed by atoms with Crippen molar-refractivity contribution in [2.24, 2.45) is 0 Å². The number of fused-ring (bicyclic) bond motifs is 2. The van der Waals surface area contributed by atoms with Gasteiger partial charge in [0.25, 0.3) is 0 Å². The molecular formula is C16H20O6. The summed E-state index contributed by atoms with van der Waals surface area (Å²) in [6.45, 7) is 2.32. The van der Waals surface area contributed by atoms with E-state index in [1.165, 1.54) is 0 Å². The summed E-state index contributed by atoms with van der Waals surface area (Å²) in [5.41, 5.74) is 0.922. The molecule has 3 aliphatic heterocycles. The van der Waals surface area contributed by atoms with Gasteiger partial charge in [0.15, 0.2) is 18.9 Å². The largest absolute Gasteiger partial charge is 0.387 e. The minimum atomic E-state index is -0.796. The van der Waals surface area contributed by atoms with Crippen molar-refractivity contribution < 1.29 is 28.8 Å². The molecule has 1 aromatic rings. The van der Waals surface area contributed by atoms with Gasteiger partial charge in [-0.3, -0.25) is 0 Å². The first-order chi connectivity index (χ1) is 10.8. The molecule has 0 unspecified atom stereocenters. The van der Waals surface area contributed by atoms with Crippen molar-refractivity contribution in [3.8, 4) is 0 Å². The van der Waals surface area contributed by atoms with Crippen LogP contribution < -0.4 is 0 Å². The Kier molecular flexibility index (Phi) is 3.89. The second kappa shape index (κ2) is 5.88. The molecule has 0 aliphatic carbocycles. The smallest absolute Gasteiger partial charge is 0.190 e. The number of rotatable bonds is 2. The normalized spacial score (nSPS) is 44.4. The molecule has 0 saturated carbocycles. The monoisotopic (exact) mass is 308 g/mol. The van der Waals surface area contributed by atoms with Crippen LogP contribution >= 0.6 is 0 Å². The molecule has 3 saturated heterocycles. The van der Waals surface area contributed by atoms with Crippen LogP contribution in [0.3, 0.4) is 0 Å². The quantitative estimate of drug-likeness (QED) is 0.889. The fourth-order valence-corrected chi connectivity index (χ4v) is 3.15. The fourth-order valence-electron chi connectivity index (χ4n) is 3.15. The van der Waals surface area contributed by atoms with E-state index in [2.05, 4.69) is 0 Å². The Bertz CT molecular complexity index is 509. The third kappa shape index (κ3) is 2.46. The molecule has 6 nitrogen and oxygen atoms in total. The Labute approximate surface area is 128 Å². The Hall–Kier alpha value is -1.02. The maximum Gasteiger partial charge on any atom is 0.190 e. The van der Waals surface area contributed by atoms with Gasteiger partial charge in [-0.15, -0.1) is 0 Å². The number of hydrogen-bond acceptors (Lipinski definition) is 6. The lowest BCUT2D eigenvalue weighted by atomic mass is 9.98. The minimum absolute atomic E-state index is 0.337. The van der Waals surface area contributed by atoms with Crippen LogP contribution in [0.5, 0.6) is 0 Å². The summed E-state index contributed by atoms with van der Waals surface area (Å²) in [4.78, 5) is 0. The molecule has 3 aliphatic rings. The fraction of sp³-hybridized carbons (Fsp3) is 0.625. The maximum absolute atomic E-state index is 10.6. The summed E-state index contributed by atoms with van der Waals surface area (Å²) < 4.78 is 28.8. The SMILES string of the molecule is CC[C@H]1O[C@H]2O[C@@H]3CO[C@H](c4ccccc4)O[C@@H]3[C@H](O)[C@H]2O1. The van der Waals surface area contributed by atoms with E-state index in [0.717, 1.165) is 5.56 Å². The van der Waals surface area contributed by atoms with Crippen LogP contribution in [0.4, 0.5) is 0 Å². The Morgan fingerprint density at radius 2 is 1.86 bits per heavy atom. The second-order valence-electron chi connectivity index (χ2n) is 5.78. The Balaban J connectivity index is 1.50. The van der Waals surface area contributed by atoms with Gasteiger partial charge in [-0.1, -0.05) is 37.3 Å². The number of hydrogen-bond donors (Lipinski definition) is 1. The number of ether oxygens (including phenoxy) is 5. The van der Waals surface area contributed by atoms with E-state index < -0.39 is 30.9 Å². The highest BCUT2D eigenvalue weighted by Gasteiger charge is 2.54. The van der Waals surface area contributed by atoms with E-state index >= 15 is 0 Å². The molecule has 7 atom stereocenters. The van der Waals surface area contributed by atoms with Gasteiger partial charge in [-0.05, 0) is 6.42 Å². The first-order valence-electron chi connectivity index (χ1n) is 7.72. The van der Waals surface area contributed by atoms with Crippen LogP contribution in [0.1, 0.15) is 25.2 Å². The van der Waals surface area contributed by atoms with Crippen LogP contribution in [0.2, 0.25) is 0 Å². The average molecular weight is 308 g/mol. The van der Waals surface area contributed by atoms with Gasteiger partial charge in [0.1, 0.15) is 24.4 Å². The van der Waals surface area contributed by atoms with Crippen LogP contribution in [-0.2, 0) is 23.7 Å². The molecule has 0 bridgehead atoms. The summed E-state index contributed by atoms with van der Waals surface area (Å²) in [5, 5.41) is 10.6. The van der Waals surface area contributed by atoms with E-state index in [1.54, 1.807) is 0 Å². The highest BCUT2D eigenvalue weighted by molar-refractivity contribution is 5.16. The van der Waals surface area contributed by atoms with Crippen LogP contribution in [-0.4, -0.2) is 48.7 Å².